The van der Waals surface area contributed by atoms with Crippen molar-refractivity contribution in [3.63, 3.8) is 0 Å². The maximum Gasteiger partial charge on any atom is 0.242 e. The van der Waals surface area contributed by atoms with E-state index < -0.39 is 10.0 Å². The predicted octanol–water partition coefficient (Wildman–Crippen LogP) is 1.88. The first kappa shape index (κ1) is 16.1. The maximum atomic E-state index is 13.9. The Labute approximate surface area is 114 Å². The topological polar surface area (TPSA) is 49.4 Å². The molecule has 0 aliphatic heterocycles. The third-order valence-corrected chi connectivity index (χ3v) is 4.93. The quantitative estimate of drug-likeness (QED) is 0.869. The van der Waals surface area contributed by atoms with Crippen molar-refractivity contribution in [1.29, 1.82) is 0 Å². The lowest BCUT2D eigenvalue weighted by molar-refractivity contribution is 0.485. The van der Waals surface area contributed by atoms with Crippen molar-refractivity contribution in [3.05, 3.63) is 29.1 Å². The van der Waals surface area contributed by atoms with E-state index in [9.17, 15) is 12.8 Å². The van der Waals surface area contributed by atoms with E-state index in [1.165, 1.54) is 23.5 Å². The summed E-state index contributed by atoms with van der Waals surface area (Å²) in [6.45, 7) is 6.65. The summed E-state index contributed by atoms with van der Waals surface area (Å²) in [7, 11) is -2.03. The van der Waals surface area contributed by atoms with Crippen molar-refractivity contribution in [2.24, 2.45) is 0 Å². The number of rotatable bonds is 6. The van der Waals surface area contributed by atoms with E-state index in [2.05, 4.69) is 5.32 Å². The molecule has 0 aromatic heterocycles. The van der Waals surface area contributed by atoms with E-state index >= 15 is 0 Å². The highest BCUT2D eigenvalue weighted by Crippen LogP contribution is 2.21. The van der Waals surface area contributed by atoms with Crippen molar-refractivity contribution in [2.45, 2.75) is 32.2 Å². The minimum absolute atomic E-state index is 0.142. The second kappa shape index (κ2) is 6.45. The van der Waals surface area contributed by atoms with Gasteiger partial charge in [-0.25, -0.2) is 17.1 Å². The van der Waals surface area contributed by atoms with Gasteiger partial charge in [0.2, 0.25) is 10.0 Å². The Bertz CT molecular complexity index is 544. The van der Waals surface area contributed by atoms with Crippen LogP contribution in [0, 0.1) is 12.7 Å². The van der Waals surface area contributed by atoms with Gasteiger partial charge in [0, 0.05) is 25.7 Å². The van der Waals surface area contributed by atoms with Crippen LogP contribution in [0.4, 0.5) is 4.39 Å². The SMILES string of the molecule is CCNCc1cc(S(=O)(=O)N(C)CC)cc(C)c1F. The molecule has 108 valence electrons. The van der Waals surface area contributed by atoms with Crippen molar-refractivity contribution >= 4 is 10.0 Å². The second-order valence-electron chi connectivity index (χ2n) is 4.41. The molecule has 0 radical (unpaired) electrons. The van der Waals surface area contributed by atoms with E-state index in [-0.39, 0.29) is 10.7 Å². The number of benzene rings is 1. The lowest BCUT2D eigenvalue weighted by atomic mass is 10.1. The number of hydrogen-bond donors (Lipinski definition) is 1. The summed E-state index contributed by atoms with van der Waals surface area (Å²) in [5.41, 5.74) is 0.725. The van der Waals surface area contributed by atoms with Gasteiger partial charge >= 0.3 is 0 Å². The van der Waals surface area contributed by atoms with Crippen LogP contribution in [0.15, 0.2) is 17.0 Å². The molecular formula is C13H21FN2O2S. The number of nitrogens with zero attached hydrogens (tertiary/aromatic N) is 1. The van der Waals surface area contributed by atoms with Gasteiger partial charge in [-0.1, -0.05) is 13.8 Å². The molecule has 0 bridgehead atoms. The summed E-state index contributed by atoms with van der Waals surface area (Å²) in [5, 5.41) is 3.01. The number of hydrogen-bond acceptors (Lipinski definition) is 3. The van der Waals surface area contributed by atoms with Gasteiger partial charge in [-0.05, 0) is 31.2 Å². The molecular weight excluding hydrogens is 267 g/mol. The average Bonchev–Trinajstić information content (AvgIpc) is 2.38. The Morgan fingerprint density at radius 2 is 1.95 bits per heavy atom. The first-order valence-corrected chi connectivity index (χ1v) is 7.74. The number of halogens is 1. The van der Waals surface area contributed by atoms with Gasteiger partial charge in [0.1, 0.15) is 5.82 Å². The molecule has 1 aromatic carbocycles. The largest absolute Gasteiger partial charge is 0.313 e. The van der Waals surface area contributed by atoms with E-state index in [4.69, 9.17) is 0 Å². The molecule has 19 heavy (non-hydrogen) atoms. The fraction of sp³-hybridized carbons (Fsp3) is 0.538. The Morgan fingerprint density at radius 3 is 2.47 bits per heavy atom. The normalized spacial score (nSPS) is 12.1. The molecule has 0 amide bonds. The zero-order valence-electron chi connectivity index (χ0n) is 11.8. The van der Waals surface area contributed by atoms with Gasteiger partial charge in [-0.15, -0.1) is 0 Å². The zero-order chi connectivity index (χ0) is 14.6. The summed E-state index contributed by atoms with van der Waals surface area (Å²) < 4.78 is 39.6. The van der Waals surface area contributed by atoms with Crippen LogP contribution >= 0.6 is 0 Å². The molecule has 0 aliphatic rings. The predicted molar refractivity (Wildman–Crippen MR) is 74.0 cm³/mol. The molecule has 0 saturated carbocycles. The second-order valence-corrected chi connectivity index (χ2v) is 6.46. The molecule has 0 aliphatic carbocycles. The van der Waals surface area contributed by atoms with Crippen molar-refractivity contribution in [3.8, 4) is 0 Å². The minimum atomic E-state index is -3.54. The van der Waals surface area contributed by atoms with E-state index in [1.54, 1.807) is 13.8 Å². The van der Waals surface area contributed by atoms with E-state index in [1.807, 2.05) is 6.92 Å². The number of nitrogens with one attached hydrogen (secondary N) is 1. The molecule has 0 heterocycles. The molecule has 0 saturated heterocycles. The van der Waals surface area contributed by atoms with Crippen molar-refractivity contribution in [1.82, 2.24) is 9.62 Å². The minimum Gasteiger partial charge on any atom is -0.313 e. The zero-order valence-corrected chi connectivity index (χ0v) is 12.6. The van der Waals surface area contributed by atoms with Gasteiger partial charge in [0.25, 0.3) is 0 Å². The van der Waals surface area contributed by atoms with Gasteiger partial charge in [-0.3, -0.25) is 0 Å². The van der Waals surface area contributed by atoms with Crippen LogP contribution < -0.4 is 5.32 Å². The highest BCUT2D eigenvalue weighted by Gasteiger charge is 2.21. The maximum absolute atomic E-state index is 13.9. The van der Waals surface area contributed by atoms with Crippen LogP contribution in [-0.4, -0.2) is 32.9 Å². The first-order valence-electron chi connectivity index (χ1n) is 6.30. The summed E-state index contributed by atoms with van der Waals surface area (Å²) in [6.07, 6.45) is 0. The summed E-state index contributed by atoms with van der Waals surface area (Å²) in [6, 6.07) is 2.79. The molecule has 0 unspecified atom stereocenters. The van der Waals surface area contributed by atoms with Crippen LogP contribution in [0.1, 0.15) is 25.0 Å². The van der Waals surface area contributed by atoms with Crippen LogP contribution in [0.3, 0.4) is 0 Å². The highest BCUT2D eigenvalue weighted by molar-refractivity contribution is 7.89. The van der Waals surface area contributed by atoms with Crippen LogP contribution in [0.2, 0.25) is 0 Å². The van der Waals surface area contributed by atoms with Gasteiger partial charge in [0.15, 0.2) is 0 Å². The third-order valence-electron chi connectivity index (χ3n) is 3.02. The fourth-order valence-corrected chi connectivity index (χ4v) is 3.01. The van der Waals surface area contributed by atoms with E-state index in [0.29, 0.717) is 30.8 Å². The Balaban J connectivity index is 3.27. The molecule has 1 aromatic rings. The standard InChI is InChI=1S/C13H21FN2O2S/c1-5-15-9-11-8-12(7-10(3)13(11)14)19(17,18)16(4)6-2/h7-8,15H,5-6,9H2,1-4H3. The number of aryl methyl sites for hydroxylation is 1. The highest BCUT2D eigenvalue weighted by atomic mass is 32.2. The average molecular weight is 288 g/mol. The fourth-order valence-electron chi connectivity index (χ4n) is 1.69. The van der Waals surface area contributed by atoms with Crippen LogP contribution in [0.5, 0.6) is 0 Å². The lowest BCUT2D eigenvalue weighted by Crippen LogP contribution is -2.27. The van der Waals surface area contributed by atoms with Gasteiger partial charge < -0.3 is 5.32 Å². The summed E-state index contributed by atoms with van der Waals surface area (Å²) in [5.74, 6) is -0.348. The number of sulfonamides is 1. The van der Waals surface area contributed by atoms with Gasteiger partial charge in [-0.2, -0.15) is 0 Å². The molecule has 6 heteroatoms. The van der Waals surface area contributed by atoms with Crippen LogP contribution in [0.25, 0.3) is 0 Å². The lowest BCUT2D eigenvalue weighted by Gasteiger charge is -2.17. The van der Waals surface area contributed by atoms with Crippen molar-refractivity contribution in [2.75, 3.05) is 20.1 Å². The molecule has 0 spiro atoms. The van der Waals surface area contributed by atoms with E-state index in [0.717, 1.165) is 0 Å². The molecule has 0 atom stereocenters. The third kappa shape index (κ3) is 3.52. The summed E-state index contributed by atoms with van der Waals surface area (Å²) >= 11 is 0. The smallest absolute Gasteiger partial charge is 0.242 e. The van der Waals surface area contributed by atoms with Crippen molar-refractivity contribution < 1.29 is 12.8 Å². The summed E-state index contributed by atoms with van der Waals surface area (Å²) in [4.78, 5) is 0.142. The monoisotopic (exact) mass is 288 g/mol. The Kier molecular flexibility index (Phi) is 5.46. The molecule has 1 N–H and O–H groups in total. The Morgan fingerprint density at radius 1 is 1.32 bits per heavy atom. The molecule has 0 fully saturated rings. The first-order chi connectivity index (χ1) is 8.84. The molecule has 1 rings (SSSR count). The van der Waals surface area contributed by atoms with Gasteiger partial charge in [0.05, 0.1) is 4.90 Å². The molecule has 4 nitrogen and oxygen atoms in total. The van der Waals surface area contributed by atoms with Crippen LogP contribution in [-0.2, 0) is 16.6 Å². The Hall–Kier alpha value is -0.980.